The highest BCUT2D eigenvalue weighted by Crippen LogP contribution is 2.36. The number of hydrogen-bond acceptors (Lipinski definition) is 4. The number of rotatable bonds is 2. The fraction of sp³-hybridized carbons (Fsp3) is 0.500. The minimum absolute atomic E-state index is 0.00784. The Morgan fingerprint density at radius 1 is 1.25 bits per heavy atom. The van der Waals surface area contributed by atoms with Gasteiger partial charge in [-0.1, -0.05) is 0 Å². The lowest BCUT2D eigenvalue weighted by Crippen LogP contribution is -2.39. The maximum atomic E-state index is 12.6. The van der Waals surface area contributed by atoms with Crippen molar-refractivity contribution in [2.24, 2.45) is 5.92 Å². The van der Waals surface area contributed by atoms with Gasteiger partial charge in [0.1, 0.15) is 0 Å². The number of halogens is 3. The molecular formula is C12H14F3N3O2. The fourth-order valence-electron chi connectivity index (χ4n) is 2.37. The summed E-state index contributed by atoms with van der Waals surface area (Å²) in [7, 11) is 0. The average Bonchev–Trinajstić information content (AvgIpc) is 2.37. The molecule has 1 saturated heterocycles. The van der Waals surface area contributed by atoms with E-state index in [4.69, 9.17) is 5.73 Å². The Bertz CT molecular complexity index is 511. The first-order valence-corrected chi connectivity index (χ1v) is 6.14. The molecule has 0 atom stereocenters. The topological polar surface area (TPSA) is 72.4 Å². The molecule has 1 aromatic carbocycles. The second-order valence-corrected chi connectivity index (χ2v) is 4.84. The van der Waals surface area contributed by atoms with E-state index in [1.54, 1.807) is 11.0 Å². The molecule has 1 heterocycles. The van der Waals surface area contributed by atoms with Crippen molar-refractivity contribution in [2.45, 2.75) is 19.0 Å². The second-order valence-electron chi connectivity index (χ2n) is 4.84. The Balaban J connectivity index is 2.13. The highest BCUT2D eigenvalue weighted by molar-refractivity contribution is 5.62. The molecule has 0 saturated carbocycles. The number of non-ortho nitro benzene ring substituents is 1. The van der Waals surface area contributed by atoms with Gasteiger partial charge in [0.15, 0.2) is 0 Å². The van der Waals surface area contributed by atoms with Gasteiger partial charge in [0.25, 0.3) is 5.69 Å². The van der Waals surface area contributed by atoms with E-state index >= 15 is 0 Å². The number of nitrogens with zero attached hydrogens (tertiary/aromatic N) is 2. The van der Waals surface area contributed by atoms with Crippen molar-refractivity contribution in [3.05, 3.63) is 28.3 Å². The van der Waals surface area contributed by atoms with Crippen LogP contribution < -0.4 is 10.6 Å². The minimum atomic E-state index is -4.17. The number of nitrogens with two attached hydrogens (primary N) is 1. The van der Waals surface area contributed by atoms with Crippen LogP contribution in [0.5, 0.6) is 0 Å². The average molecular weight is 289 g/mol. The highest BCUT2D eigenvalue weighted by Gasteiger charge is 2.41. The molecular weight excluding hydrogens is 275 g/mol. The van der Waals surface area contributed by atoms with E-state index in [1.807, 2.05) is 0 Å². The number of hydrogen-bond donors (Lipinski definition) is 1. The molecule has 1 aliphatic heterocycles. The molecule has 20 heavy (non-hydrogen) atoms. The first-order valence-electron chi connectivity index (χ1n) is 6.14. The number of anilines is 2. The van der Waals surface area contributed by atoms with Crippen molar-refractivity contribution >= 4 is 17.1 Å². The zero-order valence-electron chi connectivity index (χ0n) is 10.6. The fourth-order valence-corrected chi connectivity index (χ4v) is 2.37. The Kier molecular flexibility index (Phi) is 3.74. The molecule has 0 amide bonds. The van der Waals surface area contributed by atoms with Crippen molar-refractivity contribution < 1.29 is 18.1 Å². The number of piperidine rings is 1. The monoisotopic (exact) mass is 289 g/mol. The zero-order valence-corrected chi connectivity index (χ0v) is 10.6. The van der Waals surface area contributed by atoms with Gasteiger partial charge >= 0.3 is 6.18 Å². The summed E-state index contributed by atoms with van der Waals surface area (Å²) in [5, 5.41) is 10.8. The molecule has 1 fully saturated rings. The molecule has 110 valence electrons. The minimum Gasteiger partial charge on any atom is -0.398 e. The molecule has 1 aliphatic rings. The highest BCUT2D eigenvalue weighted by atomic mass is 19.4. The van der Waals surface area contributed by atoms with Crippen LogP contribution in [-0.2, 0) is 0 Å². The first kappa shape index (κ1) is 14.4. The van der Waals surface area contributed by atoms with Gasteiger partial charge in [-0.25, -0.2) is 0 Å². The van der Waals surface area contributed by atoms with Crippen molar-refractivity contribution in [3.63, 3.8) is 0 Å². The van der Waals surface area contributed by atoms with Gasteiger partial charge in [-0.15, -0.1) is 0 Å². The van der Waals surface area contributed by atoms with Crippen LogP contribution in [0.4, 0.5) is 30.2 Å². The predicted octanol–water partition coefficient (Wildman–Crippen LogP) is 2.96. The van der Waals surface area contributed by atoms with Crippen LogP contribution in [0.2, 0.25) is 0 Å². The van der Waals surface area contributed by atoms with Crippen LogP contribution in [0, 0.1) is 16.0 Å². The zero-order chi connectivity index (χ0) is 14.9. The van der Waals surface area contributed by atoms with E-state index in [0.717, 1.165) is 0 Å². The third kappa shape index (κ3) is 3.12. The van der Waals surface area contributed by atoms with E-state index in [1.165, 1.54) is 12.1 Å². The maximum absolute atomic E-state index is 12.6. The number of benzene rings is 1. The predicted molar refractivity (Wildman–Crippen MR) is 68.5 cm³/mol. The normalized spacial score (nSPS) is 17.2. The van der Waals surface area contributed by atoms with Crippen LogP contribution in [0.25, 0.3) is 0 Å². The molecule has 0 aromatic heterocycles. The second kappa shape index (κ2) is 5.18. The third-order valence-corrected chi connectivity index (χ3v) is 3.46. The van der Waals surface area contributed by atoms with E-state index in [-0.39, 0.29) is 37.3 Å². The molecule has 5 nitrogen and oxygen atoms in total. The summed E-state index contributed by atoms with van der Waals surface area (Å²) >= 11 is 0. The molecule has 1 aromatic rings. The van der Waals surface area contributed by atoms with Gasteiger partial charge in [-0.2, -0.15) is 13.2 Å². The molecule has 8 heteroatoms. The summed E-state index contributed by atoms with van der Waals surface area (Å²) in [6.45, 7) is 0.426. The Hall–Kier alpha value is -1.99. The Morgan fingerprint density at radius 3 is 2.35 bits per heavy atom. The van der Waals surface area contributed by atoms with Gasteiger partial charge in [0.05, 0.1) is 10.8 Å². The van der Waals surface area contributed by atoms with Gasteiger partial charge in [0, 0.05) is 36.6 Å². The lowest BCUT2D eigenvalue weighted by atomic mass is 9.96. The standard InChI is InChI=1S/C12H14F3N3O2/c13-12(14,15)8-1-3-17(4-2-8)10-5-9(16)6-11(7-10)18(19)20/h5-8H,1-4,16H2. The molecule has 0 radical (unpaired) electrons. The lowest BCUT2D eigenvalue weighted by Gasteiger charge is -2.34. The Labute approximate surface area is 113 Å². The molecule has 0 spiro atoms. The van der Waals surface area contributed by atoms with Crippen LogP contribution >= 0.6 is 0 Å². The largest absolute Gasteiger partial charge is 0.398 e. The summed E-state index contributed by atoms with van der Waals surface area (Å²) in [4.78, 5) is 11.9. The molecule has 0 aliphatic carbocycles. The summed E-state index contributed by atoms with van der Waals surface area (Å²) in [5.41, 5.74) is 6.16. The summed E-state index contributed by atoms with van der Waals surface area (Å²) in [6.07, 6.45) is -4.19. The van der Waals surface area contributed by atoms with Gasteiger partial charge in [-0.05, 0) is 18.9 Å². The van der Waals surface area contributed by atoms with E-state index in [9.17, 15) is 23.3 Å². The first-order chi connectivity index (χ1) is 9.27. The smallest absolute Gasteiger partial charge is 0.391 e. The summed E-state index contributed by atoms with van der Waals surface area (Å²) in [6, 6.07) is 4.11. The third-order valence-electron chi connectivity index (χ3n) is 3.46. The molecule has 2 N–H and O–H groups in total. The van der Waals surface area contributed by atoms with Crippen LogP contribution in [0.15, 0.2) is 18.2 Å². The maximum Gasteiger partial charge on any atom is 0.391 e. The number of nitrogen functional groups attached to an aromatic ring is 1. The quantitative estimate of drug-likeness (QED) is 0.516. The van der Waals surface area contributed by atoms with Crippen molar-refractivity contribution in [2.75, 3.05) is 23.7 Å². The van der Waals surface area contributed by atoms with Crippen LogP contribution in [0.1, 0.15) is 12.8 Å². The lowest BCUT2D eigenvalue weighted by molar-refractivity contribution is -0.384. The van der Waals surface area contributed by atoms with E-state index in [0.29, 0.717) is 5.69 Å². The van der Waals surface area contributed by atoms with Crippen molar-refractivity contribution in [1.29, 1.82) is 0 Å². The molecule has 0 bridgehead atoms. The van der Waals surface area contributed by atoms with E-state index in [2.05, 4.69) is 0 Å². The van der Waals surface area contributed by atoms with Crippen LogP contribution in [0.3, 0.4) is 0 Å². The summed E-state index contributed by atoms with van der Waals surface area (Å²) < 4.78 is 37.7. The number of nitro groups is 1. The van der Waals surface area contributed by atoms with Crippen molar-refractivity contribution in [1.82, 2.24) is 0 Å². The van der Waals surface area contributed by atoms with E-state index < -0.39 is 17.0 Å². The molecule has 2 rings (SSSR count). The SMILES string of the molecule is Nc1cc(N2CCC(C(F)(F)F)CC2)cc([N+](=O)[O-])c1. The van der Waals surface area contributed by atoms with Crippen LogP contribution in [-0.4, -0.2) is 24.2 Å². The van der Waals surface area contributed by atoms with Gasteiger partial charge < -0.3 is 10.6 Å². The number of nitro benzene ring substituents is 1. The van der Waals surface area contributed by atoms with Gasteiger partial charge in [-0.3, -0.25) is 10.1 Å². The Morgan fingerprint density at radius 2 is 1.85 bits per heavy atom. The molecule has 0 unspecified atom stereocenters. The van der Waals surface area contributed by atoms with Crippen molar-refractivity contribution in [3.8, 4) is 0 Å². The summed E-state index contributed by atoms with van der Waals surface area (Å²) in [5.74, 6) is -1.30. The number of alkyl halides is 3. The van der Waals surface area contributed by atoms with Gasteiger partial charge in [0.2, 0.25) is 0 Å².